The predicted molar refractivity (Wildman–Crippen MR) is 114 cm³/mol. The molecule has 0 spiro atoms. The summed E-state index contributed by atoms with van der Waals surface area (Å²) in [6, 6.07) is 17.7. The van der Waals surface area contributed by atoms with E-state index >= 15 is 0 Å². The number of nitrogens with zero attached hydrogens (tertiary/aromatic N) is 2. The summed E-state index contributed by atoms with van der Waals surface area (Å²) >= 11 is 1.79. The molecule has 2 aliphatic heterocycles. The number of aliphatic imine (C=N–C) groups is 1. The van der Waals surface area contributed by atoms with Gasteiger partial charge in [0.15, 0.2) is 5.17 Å². The molecule has 128 valence electrons. The van der Waals surface area contributed by atoms with E-state index in [1.54, 1.807) is 11.8 Å². The van der Waals surface area contributed by atoms with Gasteiger partial charge in [-0.3, -0.25) is 0 Å². The molecule has 0 saturated heterocycles. The summed E-state index contributed by atoms with van der Waals surface area (Å²) in [5, 5.41) is 1.09. The summed E-state index contributed by atoms with van der Waals surface area (Å²) in [5.74, 6) is 0. The number of hydrogen-bond donors (Lipinski definition) is 0. The van der Waals surface area contributed by atoms with Gasteiger partial charge in [-0.05, 0) is 42.8 Å². The van der Waals surface area contributed by atoms with E-state index in [4.69, 9.17) is 0 Å². The van der Waals surface area contributed by atoms with Gasteiger partial charge in [0.25, 0.3) is 0 Å². The number of hydrogen-bond acceptors (Lipinski definition) is 3. The highest BCUT2D eigenvalue weighted by Gasteiger charge is 2.30. The van der Waals surface area contributed by atoms with Crippen molar-refractivity contribution >= 4 is 38.8 Å². The van der Waals surface area contributed by atoms with Gasteiger partial charge in [0, 0.05) is 29.8 Å². The van der Waals surface area contributed by atoms with E-state index in [-0.39, 0.29) is 17.0 Å². The third-order valence-electron chi connectivity index (χ3n) is 4.40. The summed E-state index contributed by atoms with van der Waals surface area (Å²) in [6.07, 6.45) is 4.97. The number of fused-ring (bicyclic) bond motifs is 1. The molecule has 25 heavy (non-hydrogen) atoms. The molecule has 2 heterocycles. The van der Waals surface area contributed by atoms with Crippen LogP contribution in [0.25, 0.3) is 4.91 Å². The third-order valence-corrected chi connectivity index (χ3v) is 5.58. The van der Waals surface area contributed by atoms with Crippen molar-refractivity contribution in [1.29, 1.82) is 0 Å². The Morgan fingerprint density at radius 2 is 1.60 bits per heavy atom. The van der Waals surface area contributed by atoms with Gasteiger partial charge in [-0.15, -0.1) is 17.0 Å². The van der Waals surface area contributed by atoms with Gasteiger partial charge in [0.05, 0.1) is 0 Å². The first-order valence-corrected chi connectivity index (χ1v) is 9.06. The Hall–Kier alpha value is -1.78. The lowest BCUT2D eigenvalue weighted by atomic mass is 10.0. The van der Waals surface area contributed by atoms with Gasteiger partial charge in [-0.25, -0.2) is 4.99 Å². The van der Waals surface area contributed by atoms with Crippen LogP contribution in [0.1, 0.15) is 22.3 Å². The number of amidine groups is 1. The van der Waals surface area contributed by atoms with Gasteiger partial charge in [-0.1, -0.05) is 59.7 Å². The molecule has 0 aromatic heterocycles. The molecular formula is C21H21BrN2S. The third kappa shape index (κ3) is 3.75. The lowest BCUT2D eigenvalue weighted by Crippen LogP contribution is -2.27. The number of rotatable bonds is 3. The molecule has 0 fully saturated rings. The van der Waals surface area contributed by atoms with Crippen molar-refractivity contribution in [2.45, 2.75) is 20.3 Å². The smallest absolute Gasteiger partial charge is 0.173 e. The van der Waals surface area contributed by atoms with Crippen LogP contribution in [-0.2, 0) is 6.42 Å². The second-order valence-electron chi connectivity index (χ2n) is 6.31. The van der Waals surface area contributed by atoms with Crippen molar-refractivity contribution in [2.75, 3.05) is 6.54 Å². The van der Waals surface area contributed by atoms with Crippen LogP contribution in [0.15, 0.2) is 71.5 Å². The maximum Gasteiger partial charge on any atom is 0.173 e. The molecule has 2 aliphatic rings. The van der Waals surface area contributed by atoms with Crippen LogP contribution in [0.2, 0.25) is 0 Å². The van der Waals surface area contributed by atoms with E-state index in [0.717, 1.165) is 18.1 Å². The Bertz CT molecular complexity index is 848. The van der Waals surface area contributed by atoms with E-state index in [1.807, 2.05) is 6.20 Å². The average molecular weight is 413 g/mol. The fourth-order valence-corrected chi connectivity index (χ4v) is 4.15. The zero-order chi connectivity index (χ0) is 16.5. The molecule has 0 saturated carbocycles. The molecule has 0 radical (unpaired) electrons. The molecule has 0 unspecified atom stereocenters. The van der Waals surface area contributed by atoms with Gasteiger partial charge in [0.1, 0.15) is 0 Å². The summed E-state index contributed by atoms with van der Waals surface area (Å²) in [7, 11) is 0. The maximum atomic E-state index is 4.57. The molecule has 2 aromatic rings. The standard InChI is InChI=1S/C21H20N2S.BrH/c1-15-4-8-17(9-5-15)14-19-20(18-10-6-16(2)7-11-18)24-21-22-12-3-13-23(19)21;/h3-12H,13-14H2,1-2H3;1H. The number of thioether (sulfide) groups is 1. The average Bonchev–Trinajstić information content (AvgIpc) is 2.96. The van der Waals surface area contributed by atoms with E-state index in [1.165, 1.54) is 32.9 Å². The molecule has 2 aromatic carbocycles. The zero-order valence-electron chi connectivity index (χ0n) is 14.4. The summed E-state index contributed by atoms with van der Waals surface area (Å²) in [4.78, 5) is 8.25. The van der Waals surface area contributed by atoms with Crippen LogP contribution in [0.4, 0.5) is 0 Å². The monoisotopic (exact) mass is 412 g/mol. The number of aryl methyl sites for hydroxylation is 2. The molecule has 0 atom stereocenters. The molecule has 4 heteroatoms. The highest BCUT2D eigenvalue weighted by atomic mass is 79.9. The Labute approximate surface area is 164 Å². The highest BCUT2D eigenvalue weighted by Crippen LogP contribution is 2.43. The first-order chi connectivity index (χ1) is 11.7. The van der Waals surface area contributed by atoms with Crippen LogP contribution >= 0.6 is 28.7 Å². The fourth-order valence-electron chi connectivity index (χ4n) is 3.00. The first-order valence-electron chi connectivity index (χ1n) is 8.24. The zero-order valence-corrected chi connectivity index (χ0v) is 16.9. The van der Waals surface area contributed by atoms with Crippen LogP contribution in [0.3, 0.4) is 0 Å². The topological polar surface area (TPSA) is 15.6 Å². The molecule has 2 nitrogen and oxygen atoms in total. The van der Waals surface area contributed by atoms with Crippen molar-refractivity contribution in [3.05, 3.63) is 88.8 Å². The van der Waals surface area contributed by atoms with Crippen molar-refractivity contribution in [1.82, 2.24) is 4.90 Å². The minimum atomic E-state index is 0. The SMILES string of the molecule is Br.Cc1ccc(CC2=C(c3ccc(C)cc3)SC3=NC=CCN32)cc1. The van der Waals surface area contributed by atoms with Gasteiger partial charge < -0.3 is 4.90 Å². The summed E-state index contributed by atoms with van der Waals surface area (Å²) in [5.41, 5.74) is 6.58. The van der Waals surface area contributed by atoms with Crippen LogP contribution < -0.4 is 0 Å². The Morgan fingerprint density at radius 1 is 0.960 bits per heavy atom. The second-order valence-corrected chi connectivity index (χ2v) is 7.29. The molecule has 0 aliphatic carbocycles. The largest absolute Gasteiger partial charge is 0.319 e. The quantitative estimate of drug-likeness (QED) is 0.639. The molecule has 0 bridgehead atoms. The van der Waals surface area contributed by atoms with E-state index < -0.39 is 0 Å². The Balaban J connectivity index is 0.00000182. The number of allylic oxidation sites excluding steroid dienone is 1. The first kappa shape index (κ1) is 18.0. The van der Waals surface area contributed by atoms with E-state index in [2.05, 4.69) is 78.3 Å². The molecule has 4 rings (SSSR count). The van der Waals surface area contributed by atoms with Crippen molar-refractivity contribution in [3.63, 3.8) is 0 Å². The van der Waals surface area contributed by atoms with Gasteiger partial charge in [0.2, 0.25) is 0 Å². The minimum absolute atomic E-state index is 0. The Morgan fingerprint density at radius 3 is 2.28 bits per heavy atom. The number of halogens is 1. The second kappa shape index (κ2) is 7.63. The van der Waals surface area contributed by atoms with Gasteiger partial charge in [-0.2, -0.15) is 0 Å². The van der Waals surface area contributed by atoms with Crippen LogP contribution in [0, 0.1) is 13.8 Å². The normalized spacial score (nSPS) is 15.8. The maximum absolute atomic E-state index is 4.57. The van der Waals surface area contributed by atoms with Crippen LogP contribution in [-0.4, -0.2) is 16.6 Å². The lowest BCUT2D eigenvalue weighted by Gasteiger charge is -2.22. The lowest BCUT2D eigenvalue weighted by molar-refractivity contribution is 0.565. The fraction of sp³-hybridized carbons (Fsp3) is 0.190. The van der Waals surface area contributed by atoms with Crippen molar-refractivity contribution in [2.24, 2.45) is 4.99 Å². The molecule has 0 amide bonds. The minimum Gasteiger partial charge on any atom is -0.319 e. The number of benzene rings is 2. The van der Waals surface area contributed by atoms with Gasteiger partial charge >= 0.3 is 0 Å². The summed E-state index contributed by atoms with van der Waals surface area (Å²) in [6.45, 7) is 5.17. The predicted octanol–water partition coefficient (Wildman–Crippen LogP) is 5.72. The Kier molecular flexibility index (Phi) is 5.50. The van der Waals surface area contributed by atoms with Crippen LogP contribution in [0.5, 0.6) is 0 Å². The molecular weight excluding hydrogens is 392 g/mol. The summed E-state index contributed by atoms with van der Waals surface area (Å²) < 4.78 is 0. The molecule has 0 N–H and O–H groups in total. The van der Waals surface area contributed by atoms with E-state index in [0.29, 0.717) is 0 Å². The van der Waals surface area contributed by atoms with E-state index in [9.17, 15) is 0 Å². The van der Waals surface area contributed by atoms with Crippen molar-refractivity contribution < 1.29 is 0 Å². The van der Waals surface area contributed by atoms with Crippen molar-refractivity contribution in [3.8, 4) is 0 Å². The highest BCUT2D eigenvalue weighted by molar-refractivity contribution is 8.93.